The number of rotatable bonds is 2. The molecule has 92 valence electrons. The zero-order valence-corrected chi connectivity index (χ0v) is 10.5. The number of carbonyl (C=O) groups excluding carboxylic acids is 1. The van der Waals surface area contributed by atoms with Gasteiger partial charge in [-0.1, -0.05) is 23.2 Å². The van der Waals surface area contributed by atoms with E-state index in [0.717, 1.165) is 0 Å². The Balaban J connectivity index is 2.21. The van der Waals surface area contributed by atoms with Crippen molar-refractivity contribution in [3.63, 3.8) is 0 Å². The molecule has 1 N–H and O–H groups in total. The first-order valence-corrected chi connectivity index (χ1v) is 5.71. The second-order valence-corrected chi connectivity index (χ2v) is 4.22. The summed E-state index contributed by atoms with van der Waals surface area (Å²) in [6.45, 7) is 0. The highest BCUT2D eigenvalue weighted by atomic mass is 35.5. The Morgan fingerprint density at radius 1 is 1.11 bits per heavy atom. The van der Waals surface area contributed by atoms with Crippen molar-refractivity contribution in [2.24, 2.45) is 0 Å². The van der Waals surface area contributed by atoms with Gasteiger partial charge < -0.3 is 5.32 Å². The van der Waals surface area contributed by atoms with Gasteiger partial charge in [0, 0.05) is 5.69 Å². The average Bonchev–Trinajstić information content (AvgIpc) is 2.35. The quantitative estimate of drug-likeness (QED) is 0.853. The van der Waals surface area contributed by atoms with Crippen molar-refractivity contribution in [3.05, 3.63) is 58.1 Å². The largest absolute Gasteiger partial charge is 0.321 e. The minimum absolute atomic E-state index is 0.0218. The fourth-order valence-corrected chi connectivity index (χ4v) is 1.64. The molecule has 0 unspecified atom stereocenters. The first-order chi connectivity index (χ1) is 8.56. The fourth-order valence-electron chi connectivity index (χ4n) is 1.30. The molecule has 0 aliphatic heterocycles. The van der Waals surface area contributed by atoms with E-state index in [9.17, 15) is 9.18 Å². The third kappa shape index (κ3) is 2.97. The predicted octanol–water partition coefficient (Wildman–Crippen LogP) is 3.78. The van der Waals surface area contributed by atoms with Crippen molar-refractivity contribution >= 4 is 34.8 Å². The number of anilines is 1. The molecular formula is C12H7Cl2FN2O. The first-order valence-electron chi connectivity index (χ1n) is 4.95. The summed E-state index contributed by atoms with van der Waals surface area (Å²) in [7, 11) is 0. The van der Waals surface area contributed by atoms with E-state index in [1.807, 2.05) is 0 Å². The Morgan fingerprint density at radius 3 is 2.44 bits per heavy atom. The highest BCUT2D eigenvalue weighted by Gasteiger charge is 2.13. The molecule has 0 fully saturated rings. The van der Waals surface area contributed by atoms with E-state index in [4.69, 9.17) is 23.2 Å². The lowest BCUT2D eigenvalue weighted by Gasteiger charge is -2.06. The number of benzene rings is 1. The van der Waals surface area contributed by atoms with Crippen LogP contribution < -0.4 is 5.32 Å². The van der Waals surface area contributed by atoms with Gasteiger partial charge in [0.05, 0.1) is 5.02 Å². The molecule has 0 saturated heterocycles. The molecule has 0 spiro atoms. The van der Waals surface area contributed by atoms with E-state index in [-0.39, 0.29) is 21.7 Å². The normalized spacial score (nSPS) is 10.2. The van der Waals surface area contributed by atoms with Crippen LogP contribution >= 0.6 is 23.2 Å². The molecule has 18 heavy (non-hydrogen) atoms. The van der Waals surface area contributed by atoms with Gasteiger partial charge in [-0.15, -0.1) is 0 Å². The highest BCUT2D eigenvalue weighted by molar-refractivity contribution is 6.35. The monoisotopic (exact) mass is 284 g/mol. The van der Waals surface area contributed by atoms with Crippen molar-refractivity contribution < 1.29 is 9.18 Å². The van der Waals surface area contributed by atoms with Gasteiger partial charge in [0.15, 0.2) is 0 Å². The van der Waals surface area contributed by atoms with Crippen LogP contribution in [0.3, 0.4) is 0 Å². The van der Waals surface area contributed by atoms with Gasteiger partial charge >= 0.3 is 0 Å². The summed E-state index contributed by atoms with van der Waals surface area (Å²) in [6.07, 6.45) is 0. The molecule has 0 atom stereocenters. The summed E-state index contributed by atoms with van der Waals surface area (Å²) in [5, 5.41) is 2.91. The van der Waals surface area contributed by atoms with Gasteiger partial charge in [0.1, 0.15) is 16.7 Å². The predicted molar refractivity (Wildman–Crippen MR) is 68.6 cm³/mol. The number of halogens is 3. The minimum atomic E-state index is -0.505. The molecule has 0 aliphatic carbocycles. The molecule has 0 aliphatic rings. The van der Waals surface area contributed by atoms with Gasteiger partial charge in [-0.25, -0.2) is 9.37 Å². The van der Waals surface area contributed by atoms with Gasteiger partial charge in [-0.05, 0) is 36.4 Å². The topological polar surface area (TPSA) is 42.0 Å². The van der Waals surface area contributed by atoms with Crippen LogP contribution in [0, 0.1) is 5.82 Å². The number of nitrogens with one attached hydrogen (secondary N) is 1. The van der Waals surface area contributed by atoms with E-state index >= 15 is 0 Å². The molecule has 0 saturated carbocycles. The van der Waals surface area contributed by atoms with Gasteiger partial charge in [0.25, 0.3) is 5.91 Å². The third-order valence-corrected chi connectivity index (χ3v) is 2.64. The summed E-state index contributed by atoms with van der Waals surface area (Å²) < 4.78 is 12.7. The highest BCUT2D eigenvalue weighted by Crippen LogP contribution is 2.18. The molecular weight excluding hydrogens is 278 g/mol. The zero-order chi connectivity index (χ0) is 13.1. The molecule has 2 aromatic rings. The Bertz CT molecular complexity index is 587. The van der Waals surface area contributed by atoms with Crippen molar-refractivity contribution in [2.75, 3.05) is 5.32 Å². The van der Waals surface area contributed by atoms with Crippen LogP contribution in [0.5, 0.6) is 0 Å². The lowest BCUT2D eigenvalue weighted by atomic mass is 10.3. The van der Waals surface area contributed by atoms with Crippen molar-refractivity contribution in [2.45, 2.75) is 0 Å². The van der Waals surface area contributed by atoms with E-state index in [2.05, 4.69) is 10.3 Å². The first kappa shape index (κ1) is 12.8. The SMILES string of the molecule is O=C(Nc1ccc(F)cc1)c1nc(Cl)ccc1Cl. The van der Waals surface area contributed by atoms with Crippen molar-refractivity contribution in [3.8, 4) is 0 Å². The van der Waals surface area contributed by atoms with E-state index in [1.54, 1.807) is 0 Å². The number of pyridine rings is 1. The van der Waals surface area contributed by atoms with Crippen molar-refractivity contribution in [1.82, 2.24) is 4.98 Å². The Morgan fingerprint density at radius 2 is 1.78 bits per heavy atom. The van der Waals surface area contributed by atoms with Crippen molar-refractivity contribution in [1.29, 1.82) is 0 Å². The van der Waals surface area contributed by atoms with E-state index < -0.39 is 5.91 Å². The zero-order valence-electron chi connectivity index (χ0n) is 8.95. The number of aromatic nitrogens is 1. The molecule has 6 heteroatoms. The number of carbonyl (C=O) groups is 1. The second kappa shape index (κ2) is 5.33. The standard InChI is InChI=1S/C12H7Cl2FN2O/c13-9-5-6-10(14)17-11(9)12(18)16-8-3-1-7(15)2-4-8/h1-6H,(H,16,18). The average molecular weight is 285 g/mol. The molecule has 3 nitrogen and oxygen atoms in total. The minimum Gasteiger partial charge on any atom is -0.321 e. The summed E-state index contributed by atoms with van der Waals surface area (Å²) in [5.41, 5.74) is 0.465. The second-order valence-electron chi connectivity index (χ2n) is 3.43. The third-order valence-electron chi connectivity index (χ3n) is 2.13. The maximum Gasteiger partial charge on any atom is 0.275 e. The summed E-state index contributed by atoms with van der Waals surface area (Å²) in [5.74, 6) is -0.888. The Kier molecular flexibility index (Phi) is 3.79. The molecule has 1 aromatic heterocycles. The number of amides is 1. The van der Waals surface area contributed by atoms with Crippen LogP contribution in [0.25, 0.3) is 0 Å². The van der Waals surface area contributed by atoms with E-state index in [1.165, 1.54) is 36.4 Å². The fraction of sp³-hybridized carbons (Fsp3) is 0. The maximum absolute atomic E-state index is 12.7. The van der Waals surface area contributed by atoms with Gasteiger partial charge in [0.2, 0.25) is 0 Å². The molecule has 1 aromatic carbocycles. The molecule has 1 amide bonds. The van der Waals surface area contributed by atoms with Gasteiger partial charge in [-0.2, -0.15) is 0 Å². The summed E-state index contributed by atoms with van der Waals surface area (Å²) >= 11 is 11.5. The molecule has 2 rings (SSSR count). The van der Waals surface area contributed by atoms with Crippen LogP contribution in [-0.2, 0) is 0 Å². The number of nitrogens with zero attached hydrogens (tertiary/aromatic N) is 1. The smallest absolute Gasteiger partial charge is 0.275 e. The van der Waals surface area contributed by atoms with Crippen LogP contribution in [0.15, 0.2) is 36.4 Å². The summed E-state index contributed by atoms with van der Waals surface area (Å²) in [4.78, 5) is 15.7. The lowest BCUT2D eigenvalue weighted by molar-refractivity contribution is 0.102. The lowest BCUT2D eigenvalue weighted by Crippen LogP contribution is -2.14. The molecule has 0 bridgehead atoms. The van der Waals surface area contributed by atoms with Crippen LogP contribution in [0.1, 0.15) is 10.5 Å². The van der Waals surface area contributed by atoms with Gasteiger partial charge in [-0.3, -0.25) is 4.79 Å². The molecule has 1 heterocycles. The summed E-state index contributed by atoms with van der Waals surface area (Å²) in [6, 6.07) is 8.32. The molecule has 0 radical (unpaired) electrons. The maximum atomic E-state index is 12.7. The number of hydrogen-bond acceptors (Lipinski definition) is 2. The van der Waals surface area contributed by atoms with Crippen LogP contribution in [0.4, 0.5) is 10.1 Å². The number of hydrogen-bond donors (Lipinski definition) is 1. The van der Waals surface area contributed by atoms with E-state index in [0.29, 0.717) is 5.69 Å². The van der Waals surface area contributed by atoms with Crippen LogP contribution in [-0.4, -0.2) is 10.9 Å². The van der Waals surface area contributed by atoms with Crippen LogP contribution in [0.2, 0.25) is 10.2 Å². The Labute approximate surface area is 113 Å². The Hall–Kier alpha value is -1.65.